The van der Waals surface area contributed by atoms with Crippen LogP contribution in [0.2, 0.25) is 0 Å². The number of nitro benzene ring substituents is 1. The number of nitrogens with one attached hydrogen (secondary N) is 1. The maximum atomic E-state index is 10.9. The summed E-state index contributed by atoms with van der Waals surface area (Å²) >= 11 is 0. The van der Waals surface area contributed by atoms with Gasteiger partial charge in [0.25, 0.3) is 11.7 Å². The van der Waals surface area contributed by atoms with Crippen molar-refractivity contribution in [2.24, 2.45) is 0 Å². The Morgan fingerprint density at radius 1 is 1.48 bits per heavy atom. The molecule has 0 aliphatic rings. The molecule has 21 heavy (non-hydrogen) atoms. The number of fused-ring (bicyclic) bond motifs is 1. The molecule has 0 amide bonds. The predicted octanol–water partition coefficient (Wildman–Crippen LogP) is 1.96. The number of hydrogen-bond donors (Lipinski definition) is 1. The summed E-state index contributed by atoms with van der Waals surface area (Å²) in [6.45, 7) is 3.10. The second-order valence-electron chi connectivity index (χ2n) is 4.29. The maximum absolute atomic E-state index is 10.9. The minimum Gasteiger partial charge on any atom is -0.423 e. The molecule has 1 aromatic carbocycles. The molecule has 0 spiro atoms. The highest BCUT2D eigenvalue weighted by Crippen LogP contribution is 2.27. The zero-order chi connectivity index (χ0) is 14.8. The molecule has 2 aromatic heterocycles. The minimum atomic E-state index is -0.484. The van der Waals surface area contributed by atoms with Gasteiger partial charge in [-0.3, -0.25) is 10.1 Å². The molecule has 1 N–H and O–H groups in total. The third-order valence-corrected chi connectivity index (χ3v) is 3.03. The molecule has 2 heterocycles. The number of rotatable bonds is 5. The molecule has 0 saturated heterocycles. The number of para-hydroxylation sites is 1. The van der Waals surface area contributed by atoms with E-state index < -0.39 is 4.92 Å². The van der Waals surface area contributed by atoms with Crippen LogP contribution >= 0.6 is 0 Å². The van der Waals surface area contributed by atoms with Gasteiger partial charge in [0.1, 0.15) is 6.33 Å². The molecule has 3 aromatic rings. The van der Waals surface area contributed by atoms with Crippen molar-refractivity contribution in [1.82, 2.24) is 19.7 Å². The largest absolute Gasteiger partial charge is 0.423 e. The van der Waals surface area contributed by atoms with Gasteiger partial charge in [-0.2, -0.15) is 4.98 Å². The number of benzene rings is 1. The molecule has 0 atom stereocenters. The first-order chi connectivity index (χ1) is 10.2. The number of nitro groups is 1. The Kier molecular flexibility index (Phi) is 3.22. The first-order valence-electron chi connectivity index (χ1n) is 6.33. The number of hydrogen-bond acceptors (Lipinski definition) is 7. The van der Waals surface area contributed by atoms with Crippen LogP contribution in [0.25, 0.3) is 11.1 Å². The van der Waals surface area contributed by atoms with Crippen LogP contribution in [0.15, 0.2) is 28.9 Å². The van der Waals surface area contributed by atoms with Gasteiger partial charge in [0, 0.05) is 12.6 Å². The summed E-state index contributed by atoms with van der Waals surface area (Å²) in [4.78, 5) is 14.6. The van der Waals surface area contributed by atoms with E-state index in [1.807, 2.05) is 11.5 Å². The first kappa shape index (κ1) is 13.0. The average Bonchev–Trinajstić information content (AvgIpc) is 3.09. The molecule has 0 unspecified atom stereocenters. The summed E-state index contributed by atoms with van der Waals surface area (Å²) in [6.07, 6.45) is 1.63. The molecule has 3 rings (SSSR count). The van der Waals surface area contributed by atoms with Crippen molar-refractivity contribution in [2.75, 3.05) is 5.32 Å². The van der Waals surface area contributed by atoms with Gasteiger partial charge >= 0.3 is 0 Å². The molecule has 0 saturated carbocycles. The van der Waals surface area contributed by atoms with Gasteiger partial charge in [0.15, 0.2) is 16.9 Å². The molecule has 9 nitrogen and oxygen atoms in total. The molecule has 0 radical (unpaired) electrons. The van der Waals surface area contributed by atoms with E-state index in [1.165, 1.54) is 6.07 Å². The second-order valence-corrected chi connectivity index (χ2v) is 4.29. The summed E-state index contributed by atoms with van der Waals surface area (Å²) in [6, 6.07) is 4.80. The summed E-state index contributed by atoms with van der Waals surface area (Å²) in [5.74, 6) is 0.731. The number of non-ortho nitro benzene ring substituents is 1. The third-order valence-electron chi connectivity index (χ3n) is 3.03. The quantitative estimate of drug-likeness (QED) is 0.564. The van der Waals surface area contributed by atoms with Crippen LogP contribution < -0.4 is 5.32 Å². The molecule has 0 aliphatic carbocycles. The molecule has 0 fully saturated rings. The van der Waals surface area contributed by atoms with E-state index >= 15 is 0 Å². The van der Waals surface area contributed by atoms with E-state index in [9.17, 15) is 10.1 Å². The monoisotopic (exact) mass is 288 g/mol. The van der Waals surface area contributed by atoms with Crippen LogP contribution in [-0.4, -0.2) is 24.7 Å². The number of anilines is 1. The summed E-state index contributed by atoms with van der Waals surface area (Å²) in [5, 5.41) is 21.7. The van der Waals surface area contributed by atoms with E-state index in [2.05, 4.69) is 20.5 Å². The topological polar surface area (TPSA) is 112 Å². The van der Waals surface area contributed by atoms with Gasteiger partial charge in [-0.05, 0) is 13.0 Å². The second kappa shape index (κ2) is 5.19. The van der Waals surface area contributed by atoms with Crippen molar-refractivity contribution in [2.45, 2.75) is 20.0 Å². The lowest BCUT2D eigenvalue weighted by Gasteiger charge is -2.02. The lowest BCUT2D eigenvalue weighted by molar-refractivity contribution is -0.383. The number of oxazole rings is 1. The Hall–Kier alpha value is -2.97. The highest BCUT2D eigenvalue weighted by atomic mass is 16.6. The van der Waals surface area contributed by atoms with Gasteiger partial charge < -0.3 is 14.3 Å². The van der Waals surface area contributed by atoms with Crippen LogP contribution in [-0.2, 0) is 13.1 Å². The van der Waals surface area contributed by atoms with E-state index in [0.29, 0.717) is 12.1 Å². The summed E-state index contributed by atoms with van der Waals surface area (Å²) < 4.78 is 7.32. The van der Waals surface area contributed by atoms with Gasteiger partial charge in [0.05, 0.1) is 11.5 Å². The van der Waals surface area contributed by atoms with Crippen molar-refractivity contribution in [3.63, 3.8) is 0 Å². The maximum Gasteiger partial charge on any atom is 0.298 e. The summed E-state index contributed by atoms with van der Waals surface area (Å²) in [5.41, 5.74) is 0.506. The Bertz CT molecular complexity index is 793. The van der Waals surface area contributed by atoms with Gasteiger partial charge in [-0.15, -0.1) is 10.2 Å². The van der Waals surface area contributed by atoms with Crippen LogP contribution in [0.1, 0.15) is 12.7 Å². The average molecular weight is 288 g/mol. The Morgan fingerprint density at radius 2 is 2.33 bits per heavy atom. The molecule has 0 bridgehead atoms. The Morgan fingerprint density at radius 3 is 3.10 bits per heavy atom. The van der Waals surface area contributed by atoms with Gasteiger partial charge in [-0.25, -0.2) is 0 Å². The van der Waals surface area contributed by atoms with Crippen LogP contribution in [0.4, 0.5) is 11.7 Å². The number of aryl methyl sites for hydroxylation is 1. The molecule has 9 heteroatoms. The fourth-order valence-corrected chi connectivity index (χ4v) is 1.99. The molecule has 0 aliphatic heterocycles. The Balaban J connectivity index is 1.85. The predicted molar refractivity (Wildman–Crippen MR) is 73.7 cm³/mol. The fourth-order valence-electron chi connectivity index (χ4n) is 1.99. The van der Waals surface area contributed by atoms with Crippen LogP contribution in [0.5, 0.6) is 0 Å². The van der Waals surface area contributed by atoms with Gasteiger partial charge in [-0.1, -0.05) is 6.07 Å². The zero-order valence-electron chi connectivity index (χ0n) is 11.2. The lowest BCUT2D eigenvalue weighted by atomic mass is 10.3. The zero-order valence-corrected chi connectivity index (χ0v) is 11.2. The van der Waals surface area contributed by atoms with Crippen molar-refractivity contribution in [3.05, 3.63) is 40.5 Å². The van der Waals surface area contributed by atoms with E-state index in [4.69, 9.17) is 4.42 Å². The van der Waals surface area contributed by atoms with E-state index in [-0.39, 0.29) is 17.2 Å². The van der Waals surface area contributed by atoms with Crippen LogP contribution in [0.3, 0.4) is 0 Å². The first-order valence-corrected chi connectivity index (χ1v) is 6.33. The normalized spacial score (nSPS) is 10.9. The van der Waals surface area contributed by atoms with Crippen molar-refractivity contribution >= 4 is 22.8 Å². The summed E-state index contributed by atoms with van der Waals surface area (Å²) in [7, 11) is 0. The Labute approximate surface area is 118 Å². The highest BCUT2D eigenvalue weighted by Gasteiger charge is 2.17. The van der Waals surface area contributed by atoms with Crippen molar-refractivity contribution in [3.8, 4) is 0 Å². The smallest absolute Gasteiger partial charge is 0.298 e. The lowest BCUT2D eigenvalue weighted by Crippen LogP contribution is -2.07. The van der Waals surface area contributed by atoms with Crippen LogP contribution in [0, 0.1) is 10.1 Å². The number of nitrogens with zero attached hydrogens (tertiary/aromatic N) is 5. The molecular weight excluding hydrogens is 276 g/mol. The van der Waals surface area contributed by atoms with Gasteiger partial charge in [0.2, 0.25) is 0 Å². The molecule has 108 valence electrons. The molecular formula is C12H12N6O3. The highest BCUT2D eigenvalue weighted by molar-refractivity contribution is 5.83. The fraction of sp³-hybridized carbons (Fsp3) is 0.250. The SMILES string of the molecule is CCn1cnnc1CNc1nc2c([N+](=O)[O-])cccc2o1. The number of aromatic nitrogens is 4. The van der Waals surface area contributed by atoms with Crippen molar-refractivity contribution in [1.29, 1.82) is 0 Å². The third kappa shape index (κ3) is 2.40. The van der Waals surface area contributed by atoms with E-state index in [0.717, 1.165) is 12.4 Å². The van der Waals surface area contributed by atoms with Crippen molar-refractivity contribution < 1.29 is 9.34 Å². The minimum absolute atomic E-state index is 0.0824. The van der Waals surface area contributed by atoms with E-state index in [1.54, 1.807) is 18.5 Å². The standard InChI is InChI=1S/C12H12N6O3/c1-2-17-7-14-16-10(17)6-13-12-15-11-8(18(19)20)4-3-5-9(11)21-12/h3-5,7H,2,6H2,1H3,(H,13,15).